The SMILES string of the molecule is CCCCCCCCCCCCc1n(CC)c(C)c[n+]1CC(=O)O. The average Bonchev–Trinajstić information content (AvgIpc) is 2.83. The summed E-state index contributed by atoms with van der Waals surface area (Å²) in [7, 11) is 0. The third-order valence-electron chi connectivity index (χ3n) is 4.79. The van der Waals surface area contributed by atoms with E-state index in [9.17, 15) is 4.79 Å². The van der Waals surface area contributed by atoms with Crippen LogP contribution in [-0.2, 0) is 24.3 Å². The van der Waals surface area contributed by atoms with Crippen molar-refractivity contribution in [1.29, 1.82) is 0 Å². The highest BCUT2D eigenvalue weighted by molar-refractivity contribution is 5.64. The Balaban J connectivity index is 2.28. The van der Waals surface area contributed by atoms with Crippen LogP contribution in [0.5, 0.6) is 0 Å². The van der Waals surface area contributed by atoms with Gasteiger partial charge >= 0.3 is 5.97 Å². The topological polar surface area (TPSA) is 46.1 Å². The van der Waals surface area contributed by atoms with Gasteiger partial charge in [-0.1, -0.05) is 64.7 Å². The summed E-state index contributed by atoms with van der Waals surface area (Å²) < 4.78 is 4.16. The Labute approximate surface area is 147 Å². The van der Waals surface area contributed by atoms with Crippen molar-refractivity contribution < 1.29 is 14.5 Å². The van der Waals surface area contributed by atoms with E-state index in [-0.39, 0.29) is 6.54 Å². The van der Waals surface area contributed by atoms with Gasteiger partial charge in [0.1, 0.15) is 11.9 Å². The van der Waals surface area contributed by atoms with Crippen molar-refractivity contribution in [2.24, 2.45) is 0 Å². The van der Waals surface area contributed by atoms with Gasteiger partial charge in [0.05, 0.1) is 6.54 Å². The zero-order chi connectivity index (χ0) is 17.8. The van der Waals surface area contributed by atoms with Gasteiger partial charge in [0.2, 0.25) is 0 Å². The summed E-state index contributed by atoms with van der Waals surface area (Å²) in [5.74, 6) is 0.398. The van der Waals surface area contributed by atoms with Crippen LogP contribution >= 0.6 is 0 Å². The van der Waals surface area contributed by atoms with Gasteiger partial charge in [-0.3, -0.25) is 0 Å². The number of aryl methyl sites for hydroxylation is 1. The second kappa shape index (κ2) is 12.1. The van der Waals surface area contributed by atoms with Crippen LogP contribution < -0.4 is 4.57 Å². The lowest BCUT2D eigenvalue weighted by Crippen LogP contribution is -2.40. The van der Waals surface area contributed by atoms with E-state index >= 15 is 0 Å². The molecule has 0 amide bonds. The number of rotatable bonds is 14. The number of hydrogen-bond donors (Lipinski definition) is 1. The lowest BCUT2D eigenvalue weighted by Gasteiger charge is -2.04. The third-order valence-corrected chi connectivity index (χ3v) is 4.79. The van der Waals surface area contributed by atoms with Gasteiger partial charge in [0, 0.05) is 13.3 Å². The molecule has 138 valence electrons. The first-order valence-electron chi connectivity index (χ1n) is 9.90. The molecule has 0 unspecified atom stereocenters. The van der Waals surface area contributed by atoms with Gasteiger partial charge < -0.3 is 5.11 Å². The Morgan fingerprint density at radius 3 is 2.04 bits per heavy atom. The number of unbranched alkanes of at least 4 members (excludes halogenated alkanes) is 9. The van der Waals surface area contributed by atoms with Crippen LogP contribution in [0.4, 0.5) is 0 Å². The fourth-order valence-electron chi connectivity index (χ4n) is 3.49. The maximum atomic E-state index is 11.0. The highest BCUT2D eigenvalue weighted by Gasteiger charge is 2.20. The fourth-order valence-corrected chi connectivity index (χ4v) is 3.49. The van der Waals surface area contributed by atoms with Gasteiger partial charge in [-0.15, -0.1) is 0 Å². The van der Waals surface area contributed by atoms with Crippen LogP contribution in [0.25, 0.3) is 0 Å². The summed E-state index contributed by atoms with van der Waals surface area (Å²) in [5, 5.41) is 9.08. The van der Waals surface area contributed by atoms with Crippen molar-refractivity contribution in [3.63, 3.8) is 0 Å². The van der Waals surface area contributed by atoms with E-state index in [2.05, 4.69) is 25.3 Å². The molecule has 4 heteroatoms. The molecule has 0 aliphatic carbocycles. The number of nitrogens with zero attached hydrogens (tertiary/aromatic N) is 2. The van der Waals surface area contributed by atoms with Gasteiger partial charge in [-0.05, 0) is 13.3 Å². The van der Waals surface area contributed by atoms with Crippen molar-refractivity contribution in [3.05, 3.63) is 17.7 Å². The average molecular weight is 338 g/mol. The first-order chi connectivity index (χ1) is 11.6. The summed E-state index contributed by atoms with van der Waals surface area (Å²) in [6.07, 6.45) is 16.2. The molecule has 1 aromatic heterocycles. The number of imidazole rings is 1. The minimum Gasteiger partial charge on any atom is -0.478 e. The third kappa shape index (κ3) is 7.50. The Hall–Kier alpha value is -1.32. The smallest absolute Gasteiger partial charge is 0.346 e. The molecule has 0 radical (unpaired) electrons. The molecule has 0 saturated heterocycles. The summed E-state index contributed by atoms with van der Waals surface area (Å²) in [4.78, 5) is 11.0. The van der Waals surface area contributed by atoms with Crippen molar-refractivity contribution in [2.75, 3.05) is 0 Å². The Morgan fingerprint density at radius 1 is 1.00 bits per heavy atom. The monoisotopic (exact) mass is 337 g/mol. The first kappa shape index (κ1) is 20.7. The van der Waals surface area contributed by atoms with E-state index in [1.54, 1.807) is 0 Å². The molecule has 24 heavy (non-hydrogen) atoms. The summed E-state index contributed by atoms with van der Waals surface area (Å²) in [5.41, 5.74) is 1.15. The van der Waals surface area contributed by atoms with Crippen LogP contribution in [0.2, 0.25) is 0 Å². The van der Waals surface area contributed by atoms with E-state index in [0.29, 0.717) is 0 Å². The minimum atomic E-state index is -0.766. The standard InChI is InChI=1S/C20H36N2O2/c1-4-6-7-8-9-10-11-12-13-14-15-19-21(17-20(23)24)16-18(3)22(19)5-2/h16H,4-15,17H2,1-3H3/p+1. The van der Waals surface area contributed by atoms with Gasteiger partial charge in [0.15, 0.2) is 6.54 Å². The normalized spacial score (nSPS) is 11.1. The van der Waals surface area contributed by atoms with Crippen LogP contribution in [0.1, 0.15) is 89.6 Å². The second-order valence-corrected chi connectivity index (χ2v) is 6.88. The maximum Gasteiger partial charge on any atom is 0.346 e. The highest BCUT2D eigenvalue weighted by Crippen LogP contribution is 2.12. The quantitative estimate of drug-likeness (QED) is 0.397. The van der Waals surface area contributed by atoms with E-state index in [4.69, 9.17) is 5.11 Å². The van der Waals surface area contributed by atoms with Crippen molar-refractivity contribution in [3.8, 4) is 0 Å². The van der Waals surface area contributed by atoms with E-state index in [0.717, 1.165) is 30.9 Å². The Bertz CT molecular complexity index is 480. The van der Waals surface area contributed by atoms with Crippen LogP contribution in [0.3, 0.4) is 0 Å². The molecule has 0 spiro atoms. The van der Waals surface area contributed by atoms with E-state index in [1.165, 1.54) is 57.8 Å². The number of carboxylic acids is 1. The van der Waals surface area contributed by atoms with Crippen LogP contribution in [0, 0.1) is 6.92 Å². The zero-order valence-electron chi connectivity index (χ0n) is 16.0. The zero-order valence-corrected chi connectivity index (χ0v) is 16.0. The molecule has 1 heterocycles. The largest absolute Gasteiger partial charge is 0.478 e. The summed E-state index contributed by atoms with van der Waals surface area (Å²) >= 11 is 0. The van der Waals surface area contributed by atoms with E-state index in [1.807, 2.05) is 10.8 Å². The highest BCUT2D eigenvalue weighted by atomic mass is 16.4. The fraction of sp³-hybridized carbons (Fsp3) is 0.800. The molecule has 0 aliphatic heterocycles. The molecule has 0 aliphatic rings. The number of carboxylic acid groups (broad SMARTS) is 1. The first-order valence-corrected chi connectivity index (χ1v) is 9.90. The van der Waals surface area contributed by atoms with Gasteiger partial charge in [-0.25, -0.2) is 13.9 Å². The molecule has 1 aromatic rings. The number of hydrogen-bond acceptors (Lipinski definition) is 1. The van der Waals surface area contributed by atoms with E-state index < -0.39 is 5.97 Å². The van der Waals surface area contributed by atoms with Gasteiger partial charge in [-0.2, -0.15) is 0 Å². The minimum absolute atomic E-state index is 0.0704. The molecule has 0 saturated carbocycles. The molecule has 0 atom stereocenters. The maximum absolute atomic E-state index is 11.0. The van der Waals surface area contributed by atoms with Crippen molar-refractivity contribution >= 4 is 5.97 Å². The predicted molar refractivity (Wildman–Crippen MR) is 98.2 cm³/mol. The Morgan fingerprint density at radius 2 is 1.54 bits per heavy atom. The summed E-state index contributed by atoms with van der Waals surface area (Å²) in [6, 6.07) is 0. The molecular formula is C20H37N2O2+. The summed E-state index contributed by atoms with van der Waals surface area (Å²) in [6.45, 7) is 7.42. The molecule has 1 N–H and O–H groups in total. The predicted octanol–water partition coefficient (Wildman–Crippen LogP) is 4.65. The van der Waals surface area contributed by atoms with Crippen molar-refractivity contribution in [2.45, 2.75) is 104 Å². The lowest BCUT2D eigenvalue weighted by molar-refractivity contribution is -0.693. The number of aromatic nitrogens is 2. The molecule has 0 fully saturated rings. The van der Waals surface area contributed by atoms with Crippen LogP contribution in [-0.4, -0.2) is 15.6 Å². The number of carbonyl (C=O) groups is 1. The molecule has 4 nitrogen and oxygen atoms in total. The second-order valence-electron chi connectivity index (χ2n) is 6.88. The van der Waals surface area contributed by atoms with Gasteiger partial charge in [0.25, 0.3) is 5.82 Å². The molecular weight excluding hydrogens is 300 g/mol. The molecule has 1 rings (SSSR count). The van der Waals surface area contributed by atoms with Crippen molar-refractivity contribution in [1.82, 2.24) is 4.57 Å². The lowest BCUT2D eigenvalue weighted by atomic mass is 10.1. The Kier molecular flexibility index (Phi) is 10.4. The molecule has 0 aromatic carbocycles. The van der Waals surface area contributed by atoms with Crippen LogP contribution in [0.15, 0.2) is 6.20 Å². The number of aliphatic carboxylic acids is 1. The molecule has 0 bridgehead atoms.